The molecule has 2 rings (SSSR count). The van der Waals surface area contributed by atoms with E-state index in [0.717, 1.165) is 6.26 Å². The van der Waals surface area contributed by atoms with E-state index in [2.05, 4.69) is 0 Å². The second kappa shape index (κ2) is 3.64. The van der Waals surface area contributed by atoms with Crippen LogP contribution in [-0.2, 0) is 15.1 Å². The Labute approximate surface area is 90.4 Å². The molecule has 6 heteroatoms. The van der Waals surface area contributed by atoms with Gasteiger partial charge in [-0.25, -0.2) is 9.59 Å². The number of carbonyl (C=O) groups is 2. The maximum Gasteiger partial charge on any atom is 0.372 e. The molecule has 2 heterocycles. The molecular weight excluding hydrogens is 216 g/mol. The van der Waals surface area contributed by atoms with Crippen LogP contribution in [0.1, 0.15) is 29.0 Å². The summed E-state index contributed by atoms with van der Waals surface area (Å²) in [6.45, 7) is 0.302. The van der Waals surface area contributed by atoms with Crippen molar-refractivity contribution < 1.29 is 29.0 Å². The Morgan fingerprint density at radius 1 is 1.38 bits per heavy atom. The number of hydrogen-bond donors (Lipinski definition) is 2. The van der Waals surface area contributed by atoms with Crippen molar-refractivity contribution in [3.05, 3.63) is 23.7 Å². The molecule has 1 aromatic rings. The molecule has 0 aromatic carbocycles. The first-order valence-corrected chi connectivity index (χ1v) is 4.76. The van der Waals surface area contributed by atoms with E-state index in [1.165, 1.54) is 6.07 Å². The smallest absolute Gasteiger partial charge is 0.372 e. The average Bonchev–Trinajstić information content (AvgIpc) is 2.87. The number of aliphatic carboxylic acids is 1. The second-order valence-corrected chi connectivity index (χ2v) is 3.55. The van der Waals surface area contributed by atoms with E-state index >= 15 is 0 Å². The molecular formula is C10H10O6. The fraction of sp³-hybridized carbons (Fsp3) is 0.400. The highest BCUT2D eigenvalue weighted by atomic mass is 16.5. The zero-order chi connectivity index (χ0) is 11.8. The predicted octanol–water partition coefficient (Wildman–Crippen LogP) is 1.07. The Bertz CT molecular complexity index is 426. The van der Waals surface area contributed by atoms with Crippen LogP contribution in [-0.4, -0.2) is 28.8 Å². The second-order valence-electron chi connectivity index (χ2n) is 3.55. The summed E-state index contributed by atoms with van der Waals surface area (Å²) in [5.41, 5.74) is -1.49. The van der Waals surface area contributed by atoms with Crippen molar-refractivity contribution in [2.24, 2.45) is 0 Å². The standard InChI is InChI=1S/C10H10O6/c11-8(12)7-6(2-5-15-7)10(9(13)14)3-1-4-16-10/h2,5H,1,3-4H2,(H,11,12)(H,13,14). The molecule has 0 aliphatic carbocycles. The van der Waals surface area contributed by atoms with Crippen LogP contribution < -0.4 is 0 Å². The van der Waals surface area contributed by atoms with Crippen molar-refractivity contribution in [3.63, 3.8) is 0 Å². The maximum atomic E-state index is 11.2. The molecule has 16 heavy (non-hydrogen) atoms. The lowest BCUT2D eigenvalue weighted by Crippen LogP contribution is -2.35. The van der Waals surface area contributed by atoms with Crippen LogP contribution in [0.4, 0.5) is 0 Å². The van der Waals surface area contributed by atoms with Gasteiger partial charge in [0, 0.05) is 12.2 Å². The van der Waals surface area contributed by atoms with Crippen LogP contribution in [0.15, 0.2) is 16.7 Å². The fourth-order valence-corrected chi connectivity index (χ4v) is 1.93. The first-order valence-electron chi connectivity index (χ1n) is 4.76. The van der Waals surface area contributed by atoms with Gasteiger partial charge in [-0.1, -0.05) is 0 Å². The minimum absolute atomic E-state index is 0.0741. The van der Waals surface area contributed by atoms with E-state index < -0.39 is 17.5 Å². The molecule has 1 aromatic heterocycles. The third-order valence-corrected chi connectivity index (χ3v) is 2.66. The van der Waals surface area contributed by atoms with E-state index in [9.17, 15) is 14.7 Å². The lowest BCUT2D eigenvalue weighted by atomic mass is 9.91. The Morgan fingerprint density at radius 2 is 2.12 bits per heavy atom. The highest BCUT2D eigenvalue weighted by Crippen LogP contribution is 2.38. The van der Waals surface area contributed by atoms with E-state index in [4.69, 9.17) is 14.3 Å². The number of rotatable bonds is 3. The highest BCUT2D eigenvalue weighted by molar-refractivity contribution is 5.90. The topological polar surface area (TPSA) is 97.0 Å². The van der Waals surface area contributed by atoms with Crippen LogP contribution in [0.5, 0.6) is 0 Å². The summed E-state index contributed by atoms with van der Waals surface area (Å²) in [4.78, 5) is 22.1. The molecule has 0 bridgehead atoms. The molecule has 1 atom stereocenters. The largest absolute Gasteiger partial charge is 0.479 e. The van der Waals surface area contributed by atoms with E-state index in [1.54, 1.807) is 0 Å². The number of carboxylic acid groups (broad SMARTS) is 2. The molecule has 1 unspecified atom stereocenters. The summed E-state index contributed by atoms with van der Waals surface area (Å²) in [5, 5.41) is 18.1. The van der Waals surface area contributed by atoms with Gasteiger partial charge in [-0.15, -0.1) is 0 Å². The van der Waals surface area contributed by atoms with Crippen LogP contribution in [0, 0.1) is 0 Å². The number of furan rings is 1. The quantitative estimate of drug-likeness (QED) is 0.800. The molecule has 1 aliphatic rings. The normalized spacial score (nSPS) is 24.5. The van der Waals surface area contributed by atoms with Crippen LogP contribution in [0.25, 0.3) is 0 Å². The van der Waals surface area contributed by atoms with Gasteiger partial charge in [0.1, 0.15) is 0 Å². The predicted molar refractivity (Wildman–Crippen MR) is 50.2 cm³/mol. The summed E-state index contributed by atoms with van der Waals surface area (Å²) >= 11 is 0. The van der Waals surface area contributed by atoms with Crippen molar-refractivity contribution in [1.29, 1.82) is 0 Å². The van der Waals surface area contributed by atoms with Crippen molar-refractivity contribution in [1.82, 2.24) is 0 Å². The number of ether oxygens (including phenoxy) is 1. The van der Waals surface area contributed by atoms with E-state index in [-0.39, 0.29) is 17.7 Å². The summed E-state index contributed by atoms with van der Waals surface area (Å²) < 4.78 is 9.99. The lowest BCUT2D eigenvalue weighted by molar-refractivity contribution is -0.161. The number of carboxylic acids is 2. The van der Waals surface area contributed by atoms with Crippen molar-refractivity contribution >= 4 is 11.9 Å². The Balaban J connectivity index is 2.51. The molecule has 86 valence electrons. The monoisotopic (exact) mass is 226 g/mol. The molecule has 0 amide bonds. The molecule has 1 fully saturated rings. The Kier molecular flexibility index (Phi) is 2.43. The van der Waals surface area contributed by atoms with Crippen molar-refractivity contribution in [2.75, 3.05) is 6.61 Å². The Hall–Kier alpha value is -1.82. The zero-order valence-corrected chi connectivity index (χ0v) is 8.30. The van der Waals surface area contributed by atoms with E-state index in [1.807, 2.05) is 0 Å². The zero-order valence-electron chi connectivity index (χ0n) is 8.30. The molecule has 0 saturated carbocycles. The SMILES string of the molecule is O=C(O)c1occc1C1(C(=O)O)CCCO1. The maximum absolute atomic E-state index is 11.2. The van der Waals surface area contributed by atoms with Crippen molar-refractivity contribution in [2.45, 2.75) is 18.4 Å². The molecule has 0 radical (unpaired) electrons. The molecule has 1 aliphatic heterocycles. The minimum Gasteiger partial charge on any atom is -0.479 e. The van der Waals surface area contributed by atoms with Gasteiger partial charge in [0.15, 0.2) is 5.60 Å². The lowest BCUT2D eigenvalue weighted by Gasteiger charge is -2.22. The summed E-state index contributed by atoms with van der Waals surface area (Å²) in [6, 6.07) is 1.34. The number of aromatic carboxylic acids is 1. The van der Waals surface area contributed by atoms with Gasteiger partial charge < -0.3 is 19.4 Å². The van der Waals surface area contributed by atoms with Gasteiger partial charge in [0.25, 0.3) is 0 Å². The summed E-state index contributed by atoms with van der Waals surface area (Å²) in [7, 11) is 0. The van der Waals surface area contributed by atoms with Gasteiger partial charge in [-0.3, -0.25) is 0 Å². The van der Waals surface area contributed by atoms with E-state index in [0.29, 0.717) is 13.0 Å². The average molecular weight is 226 g/mol. The molecule has 1 saturated heterocycles. The first kappa shape index (κ1) is 10.7. The minimum atomic E-state index is -1.57. The fourth-order valence-electron chi connectivity index (χ4n) is 1.93. The third-order valence-electron chi connectivity index (χ3n) is 2.66. The van der Waals surface area contributed by atoms with Crippen LogP contribution >= 0.6 is 0 Å². The van der Waals surface area contributed by atoms with Gasteiger partial charge in [-0.05, 0) is 18.9 Å². The van der Waals surface area contributed by atoms with Gasteiger partial charge in [-0.2, -0.15) is 0 Å². The van der Waals surface area contributed by atoms with Gasteiger partial charge in [0.2, 0.25) is 5.76 Å². The molecule has 0 spiro atoms. The molecule has 2 N–H and O–H groups in total. The van der Waals surface area contributed by atoms with Gasteiger partial charge >= 0.3 is 11.9 Å². The number of hydrogen-bond acceptors (Lipinski definition) is 4. The first-order chi connectivity index (χ1) is 7.58. The highest BCUT2D eigenvalue weighted by Gasteiger charge is 2.48. The van der Waals surface area contributed by atoms with Crippen LogP contribution in [0.3, 0.4) is 0 Å². The van der Waals surface area contributed by atoms with Gasteiger partial charge in [0.05, 0.1) is 6.26 Å². The summed E-state index contributed by atoms with van der Waals surface area (Å²) in [5.74, 6) is -2.85. The third kappa shape index (κ3) is 1.38. The van der Waals surface area contributed by atoms with Crippen molar-refractivity contribution in [3.8, 4) is 0 Å². The molecule has 6 nitrogen and oxygen atoms in total. The Morgan fingerprint density at radius 3 is 2.62 bits per heavy atom. The summed E-state index contributed by atoms with van der Waals surface area (Å²) in [6.07, 6.45) is 1.99. The van der Waals surface area contributed by atoms with Crippen LogP contribution in [0.2, 0.25) is 0 Å².